The largest absolute Gasteiger partial charge is 0.366 e. The molecule has 0 bridgehead atoms. The molecule has 164 valence electrons. The smallest absolute Gasteiger partial charge is 0.0413 e. The van der Waals surface area contributed by atoms with Crippen LogP contribution in [0.25, 0.3) is 0 Å². The number of rotatable bonds is 4. The minimum Gasteiger partial charge on any atom is -0.366 e. The summed E-state index contributed by atoms with van der Waals surface area (Å²) >= 11 is 0. The summed E-state index contributed by atoms with van der Waals surface area (Å²) in [5.74, 6) is 0. The molecule has 1 heterocycles. The van der Waals surface area contributed by atoms with Gasteiger partial charge in [-0.05, 0) is 54.4 Å². The van der Waals surface area contributed by atoms with Crippen LogP contribution in [0.1, 0.15) is 79.0 Å². The van der Waals surface area contributed by atoms with E-state index in [4.69, 9.17) is 0 Å². The summed E-state index contributed by atoms with van der Waals surface area (Å²) in [4.78, 5) is 2.65. The van der Waals surface area contributed by atoms with E-state index >= 15 is 0 Å². The first-order valence-electron chi connectivity index (χ1n) is 11.4. The van der Waals surface area contributed by atoms with Crippen LogP contribution in [0.15, 0.2) is 48.5 Å². The molecule has 0 unspecified atom stereocenters. The van der Waals surface area contributed by atoms with Crippen LogP contribution in [0, 0.1) is 10.8 Å². The van der Waals surface area contributed by atoms with Crippen molar-refractivity contribution in [3.63, 3.8) is 0 Å². The van der Waals surface area contributed by atoms with E-state index in [1.807, 2.05) is 0 Å². The molecule has 0 amide bonds. The number of fused-ring (bicyclic) bond motifs is 1. The van der Waals surface area contributed by atoms with Gasteiger partial charge >= 0.3 is 0 Å². The summed E-state index contributed by atoms with van der Waals surface area (Å²) in [6.07, 6.45) is 0. The first-order chi connectivity index (χ1) is 13.8. The van der Waals surface area contributed by atoms with Crippen molar-refractivity contribution in [3.8, 4) is 0 Å². The number of anilines is 1. The molecule has 30 heavy (non-hydrogen) atoms. The van der Waals surface area contributed by atoms with Gasteiger partial charge in [0.1, 0.15) is 0 Å². The molecular weight excluding hydrogens is 364 g/mol. The Morgan fingerprint density at radius 1 is 0.767 bits per heavy atom. The van der Waals surface area contributed by atoms with E-state index in [0.717, 1.165) is 19.6 Å². The maximum atomic E-state index is 3.72. The van der Waals surface area contributed by atoms with Crippen molar-refractivity contribution >= 4 is 5.69 Å². The Labute approximate surface area is 185 Å². The summed E-state index contributed by atoms with van der Waals surface area (Å²) in [6, 6.07) is 17.6. The zero-order chi connectivity index (χ0) is 22.4. The van der Waals surface area contributed by atoms with E-state index < -0.39 is 0 Å². The molecule has 0 saturated carbocycles. The van der Waals surface area contributed by atoms with E-state index in [2.05, 4.69) is 121 Å². The first-order valence-corrected chi connectivity index (χ1v) is 11.4. The summed E-state index contributed by atoms with van der Waals surface area (Å²) in [5, 5.41) is 3.72. The van der Waals surface area contributed by atoms with Gasteiger partial charge in [0.25, 0.3) is 0 Å². The Hall–Kier alpha value is -1.80. The average Bonchev–Trinajstić information content (AvgIpc) is 3.00. The fraction of sp³-hybridized carbons (Fsp3) is 0.571. The van der Waals surface area contributed by atoms with Crippen LogP contribution in [0.4, 0.5) is 5.69 Å². The zero-order valence-electron chi connectivity index (χ0n) is 20.7. The van der Waals surface area contributed by atoms with Gasteiger partial charge in [0.2, 0.25) is 0 Å². The van der Waals surface area contributed by atoms with Crippen LogP contribution >= 0.6 is 0 Å². The summed E-state index contributed by atoms with van der Waals surface area (Å²) in [7, 11) is 0. The molecule has 0 aliphatic carbocycles. The Kier molecular flexibility index (Phi) is 5.88. The van der Waals surface area contributed by atoms with Gasteiger partial charge in [-0.25, -0.2) is 0 Å². The molecule has 0 atom stereocenters. The molecule has 2 heteroatoms. The van der Waals surface area contributed by atoms with E-state index in [1.165, 1.54) is 16.8 Å². The van der Waals surface area contributed by atoms with Crippen LogP contribution in [0.5, 0.6) is 0 Å². The molecule has 2 aromatic rings. The molecule has 0 saturated heterocycles. The van der Waals surface area contributed by atoms with Crippen molar-refractivity contribution in [2.24, 2.45) is 10.8 Å². The van der Waals surface area contributed by atoms with Crippen molar-refractivity contribution < 1.29 is 0 Å². The van der Waals surface area contributed by atoms with E-state index in [9.17, 15) is 0 Å². The molecule has 2 aromatic carbocycles. The van der Waals surface area contributed by atoms with Crippen LogP contribution in [-0.2, 0) is 18.5 Å². The van der Waals surface area contributed by atoms with Gasteiger partial charge in [-0.1, -0.05) is 84.0 Å². The highest BCUT2D eigenvalue weighted by atomic mass is 15.2. The van der Waals surface area contributed by atoms with Crippen LogP contribution in [0.2, 0.25) is 0 Å². The quantitative estimate of drug-likeness (QED) is 0.592. The minimum absolute atomic E-state index is 0.0631. The molecule has 0 radical (unpaired) electrons. The molecular formula is C28H42N2. The highest BCUT2D eigenvalue weighted by Gasteiger charge is 2.58. The fourth-order valence-corrected chi connectivity index (χ4v) is 5.74. The SMILES string of the molecule is CC(C)(C)N1CC(C(C)(C)C)(C(C)(C)C)c2c(CNCc3ccccc3)cccc21. The lowest BCUT2D eigenvalue weighted by Gasteiger charge is -2.53. The highest BCUT2D eigenvalue weighted by molar-refractivity contribution is 5.68. The van der Waals surface area contributed by atoms with Crippen LogP contribution < -0.4 is 10.2 Å². The van der Waals surface area contributed by atoms with Gasteiger partial charge in [-0.15, -0.1) is 0 Å². The van der Waals surface area contributed by atoms with Gasteiger partial charge in [0, 0.05) is 36.3 Å². The van der Waals surface area contributed by atoms with Gasteiger partial charge in [0.15, 0.2) is 0 Å². The van der Waals surface area contributed by atoms with Gasteiger partial charge in [-0.2, -0.15) is 0 Å². The van der Waals surface area contributed by atoms with Gasteiger partial charge in [-0.3, -0.25) is 0 Å². The maximum absolute atomic E-state index is 3.72. The zero-order valence-corrected chi connectivity index (χ0v) is 20.7. The summed E-state index contributed by atoms with van der Waals surface area (Å²) < 4.78 is 0. The third-order valence-corrected chi connectivity index (χ3v) is 7.10. The molecule has 2 nitrogen and oxygen atoms in total. The predicted octanol–water partition coefficient (Wildman–Crippen LogP) is 6.92. The van der Waals surface area contributed by atoms with Crippen molar-refractivity contribution in [2.75, 3.05) is 11.4 Å². The Morgan fingerprint density at radius 2 is 1.37 bits per heavy atom. The number of benzene rings is 2. The topological polar surface area (TPSA) is 15.3 Å². The molecule has 0 spiro atoms. The Morgan fingerprint density at radius 3 is 1.90 bits per heavy atom. The van der Waals surface area contributed by atoms with E-state index in [1.54, 1.807) is 5.56 Å². The van der Waals surface area contributed by atoms with Crippen LogP contribution in [-0.4, -0.2) is 12.1 Å². The standard InChI is InChI=1S/C28H42N2/c1-25(2,3)28(26(4,5)6)20-30(27(7,8)9)23-17-13-16-22(24(23)28)19-29-18-21-14-11-10-12-15-21/h10-17,29H,18-20H2,1-9H3. The Bertz CT molecular complexity index is 846. The fourth-order valence-electron chi connectivity index (χ4n) is 5.74. The van der Waals surface area contributed by atoms with Crippen molar-refractivity contribution in [1.29, 1.82) is 0 Å². The summed E-state index contributed by atoms with van der Waals surface area (Å²) in [5.41, 5.74) is 6.17. The van der Waals surface area contributed by atoms with Crippen LogP contribution in [0.3, 0.4) is 0 Å². The minimum atomic E-state index is 0.0631. The number of nitrogens with zero attached hydrogens (tertiary/aromatic N) is 1. The van der Waals surface area contributed by atoms with E-state index in [-0.39, 0.29) is 21.8 Å². The summed E-state index contributed by atoms with van der Waals surface area (Å²) in [6.45, 7) is 24.5. The van der Waals surface area contributed by atoms with Crippen molar-refractivity contribution in [1.82, 2.24) is 5.32 Å². The predicted molar refractivity (Wildman–Crippen MR) is 131 cm³/mol. The number of hydrogen-bond acceptors (Lipinski definition) is 2. The lowest BCUT2D eigenvalue weighted by Crippen LogP contribution is -2.55. The first kappa shape index (κ1) is 22.9. The molecule has 1 aliphatic rings. The molecule has 0 aromatic heterocycles. The second-order valence-electron chi connectivity index (χ2n) is 12.1. The van der Waals surface area contributed by atoms with Crippen molar-refractivity contribution in [3.05, 3.63) is 65.2 Å². The molecule has 3 rings (SSSR count). The monoisotopic (exact) mass is 406 g/mol. The third kappa shape index (κ3) is 3.91. The average molecular weight is 407 g/mol. The van der Waals surface area contributed by atoms with Gasteiger partial charge in [0.05, 0.1) is 0 Å². The number of nitrogens with one attached hydrogen (secondary N) is 1. The van der Waals surface area contributed by atoms with E-state index in [0.29, 0.717) is 0 Å². The van der Waals surface area contributed by atoms with Gasteiger partial charge < -0.3 is 10.2 Å². The molecule has 0 fully saturated rings. The highest BCUT2D eigenvalue weighted by Crippen LogP contribution is 2.61. The lowest BCUT2D eigenvalue weighted by atomic mass is 9.51. The third-order valence-electron chi connectivity index (χ3n) is 7.10. The maximum Gasteiger partial charge on any atom is 0.0413 e. The lowest BCUT2D eigenvalue weighted by molar-refractivity contribution is 0.0627. The number of hydrogen-bond donors (Lipinski definition) is 1. The second-order valence-corrected chi connectivity index (χ2v) is 12.1. The normalized spacial score (nSPS) is 16.6. The molecule has 1 aliphatic heterocycles. The molecule has 1 N–H and O–H groups in total. The van der Waals surface area contributed by atoms with Crippen molar-refractivity contribution in [2.45, 2.75) is 86.4 Å². The second kappa shape index (κ2) is 7.71. The Balaban J connectivity index is 2.09.